The van der Waals surface area contributed by atoms with Crippen LogP contribution in [-0.4, -0.2) is 31.4 Å². The van der Waals surface area contributed by atoms with Gasteiger partial charge in [-0.05, 0) is 32.4 Å². The first kappa shape index (κ1) is 13.5. The summed E-state index contributed by atoms with van der Waals surface area (Å²) < 4.78 is 16.4. The summed E-state index contributed by atoms with van der Waals surface area (Å²) in [5.41, 5.74) is -0.157. The molecule has 2 rings (SSSR count). The Hall–Kier alpha value is -1.91. The Balaban J connectivity index is 2.45. The van der Waals surface area contributed by atoms with Crippen LogP contribution in [0, 0.1) is 5.41 Å². The smallest absolute Gasteiger partial charge is 0.309 e. The number of benzene rings is 1. The Kier molecular flexibility index (Phi) is 3.55. The number of fused-ring (bicyclic) bond motifs is 1. The molecule has 1 aliphatic rings. The monoisotopic (exact) mass is 266 g/mol. The van der Waals surface area contributed by atoms with Gasteiger partial charge in [0.05, 0.1) is 12.5 Å². The number of carboxylic acids is 1. The molecule has 19 heavy (non-hydrogen) atoms. The molecule has 0 saturated heterocycles. The average Bonchev–Trinajstić information content (AvgIpc) is 2.38. The molecule has 0 saturated carbocycles. The van der Waals surface area contributed by atoms with Gasteiger partial charge in [0.15, 0.2) is 11.5 Å². The SMILES string of the molecule is COc1ccc2c(c1CC(C)(C)C(=O)O)OCCO2. The van der Waals surface area contributed by atoms with Crippen molar-refractivity contribution in [3.05, 3.63) is 17.7 Å². The quantitative estimate of drug-likeness (QED) is 0.904. The molecule has 1 N–H and O–H groups in total. The molecular formula is C14H18O5. The Labute approximate surface area is 112 Å². The van der Waals surface area contributed by atoms with Gasteiger partial charge in [0.25, 0.3) is 0 Å². The lowest BCUT2D eigenvalue weighted by atomic mass is 9.85. The van der Waals surface area contributed by atoms with Crippen molar-refractivity contribution >= 4 is 5.97 Å². The maximum absolute atomic E-state index is 11.3. The molecule has 104 valence electrons. The zero-order valence-corrected chi connectivity index (χ0v) is 11.4. The second-order valence-corrected chi connectivity index (χ2v) is 5.14. The number of hydrogen-bond acceptors (Lipinski definition) is 4. The highest BCUT2D eigenvalue weighted by Crippen LogP contribution is 2.42. The van der Waals surface area contributed by atoms with Crippen LogP contribution in [0.2, 0.25) is 0 Å². The van der Waals surface area contributed by atoms with Crippen molar-refractivity contribution in [2.75, 3.05) is 20.3 Å². The Morgan fingerprint density at radius 3 is 2.68 bits per heavy atom. The number of rotatable bonds is 4. The first-order chi connectivity index (χ1) is 8.95. The van der Waals surface area contributed by atoms with Crippen molar-refractivity contribution < 1.29 is 24.1 Å². The minimum absolute atomic E-state index is 0.317. The second kappa shape index (κ2) is 4.99. The fourth-order valence-electron chi connectivity index (χ4n) is 2.03. The number of aliphatic carboxylic acids is 1. The molecule has 0 amide bonds. The predicted octanol–water partition coefficient (Wildman–Crippen LogP) is 2.12. The zero-order chi connectivity index (χ0) is 14.0. The third-order valence-corrected chi connectivity index (χ3v) is 3.19. The molecule has 0 aromatic heterocycles. The van der Waals surface area contributed by atoms with E-state index >= 15 is 0 Å². The lowest BCUT2D eigenvalue weighted by molar-refractivity contribution is -0.146. The van der Waals surface area contributed by atoms with E-state index in [2.05, 4.69) is 0 Å². The summed E-state index contributed by atoms with van der Waals surface area (Å²) in [4.78, 5) is 11.3. The Bertz CT molecular complexity index is 493. The molecule has 0 fully saturated rings. The maximum Gasteiger partial charge on any atom is 0.309 e. The summed E-state index contributed by atoms with van der Waals surface area (Å²) in [5, 5.41) is 9.26. The van der Waals surface area contributed by atoms with E-state index in [1.54, 1.807) is 33.1 Å². The van der Waals surface area contributed by atoms with Crippen molar-refractivity contribution in [2.45, 2.75) is 20.3 Å². The molecule has 0 atom stereocenters. The molecule has 1 aromatic carbocycles. The number of carboxylic acid groups (broad SMARTS) is 1. The van der Waals surface area contributed by atoms with E-state index in [0.717, 1.165) is 5.56 Å². The fraction of sp³-hybridized carbons (Fsp3) is 0.500. The van der Waals surface area contributed by atoms with E-state index in [4.69, 9.17) is 14.2 Å². The highest BCUT2D eigenvalue weighted by atomic mass is 16.6. The first-order valence-electron chi connectivity index (χ1n) is 6.14. The maximum atomic E-state index is 11.3. The van der Waals surface area contributed by atoms with Crippen LogP contribution < -0.4 is 14.2 Å². The molecule has 0 spiro atoms. The van der Waals surface area contributed by atoms with Crippen LogP contribution in [0.1, 0.15) is 19.4 Å². The van der Waals surface area contributed by atoms with Gasteiger partial charge in [-0.15, -0.1) is 0 Å². The van der Waals surface area contributed by atoms with Crippen LogP contribution in [0.4, 0.5) is 0 Å². The summed E-state index contributed by atoms with van der Waals surface area (Å²) in [6, 6.07) is 3.56. The van der Waals surface area contributed by atoms with Crippen LogP contribution in [0.25, 0.3) is 0 Å². The minimum Gasteiger partial charge on any atom is -0.496 e. The molecule has 0 radical (unpaired) electrons. The molecular weight excluding hydrogens is 248 g/mol. The molecule has 1 heterocycles. The third-order valence-electron chi connectivity index (χ3n) is 3.19. The number of carbonyl (C=O) groups is 1. The molecule has 1 aromatic rings. The summed E-state index contributed by atoms with van der Waals surface area (Å²) >= 11 is 0. The number of methoxy groups -OCH3 is 1. The van der Waals surface area contributed by atoms with E-state index in [0.29, 0.717) is 36.9 Å². The summed E-state index contributed by atoms with van der Waals surface area (Å²) in [7, 11) is 1.56. The standard InChI is InChI=1S/C14H18O5/c1-14(2,13(15)16)8-9-10(17-3)4-5-11-12(9)19-7-6-18-11/h4-5H,6-8H2,1-3H3,(H,15,16). The molecule has 0 unspecified atom stereocenters. The van der Waals surface area contributed by atoms with Crippen molar-refractivity contribution in [3.8, 4) is 17.2 Å². The van der Waals surface area contributed by atoms with E-state index < -0.39 is 11.4 Å². The van der Waals surface area contributed by atoms with Crippen molar-refractivity contribution in [3.63, 3.8) is 0 Å². The van der Waals surface area contributed by atoms with Gasteiger partial charge < -0.3 is 19.3 Å². The van der Waals surface area contributed by atoms with Crippen LogP contribution in [0.5, 0.6) is 17.2 Å². The Morgan fingerprint density at radius 2 is 2.05 bits per heavy atom. The first-order valence-corrected chi connectivity index (χ1v) is 6.14. The van der Waals surface area contributed by atoms with Gasteiger partial charge in [0.1, 0.15) is 19.0 Å². The van der Waals surface area contributed by atoms with E-state index in [1.807, 2.05) is 0 Å². The van der Waals surface area contributed by atoms with Crippen molar-refractivity contribution in [1.29, 1.82) is 0 Å². The number of hydrogen-bond donors (Lipinski definition) is 1. The molecule has 5 nitrogen and oxygen atoms in total. The van der Waals surface area contributed by atoms with Gasteiger partial charge in [-0.3, -0.25) is 4.79 Å². The highest BCUT2D eigenvalue weighted by Gasteiger charge is 2.32. The third kappa shape index (κ3) is 2.59. The van der Waals surface area contributed by atoms with Crippen LogP contribution in [0.15, 0.2) is 12.1 Å². The topological polar surface area (TPSA) is 65.0 Å². The summed E-state index contributed by atoms with van der Waals surface area (Å²) in [5.74, 6) is 1.01. The number of ether oxygens (including phenoxy) is 3. The molecule has 1 aliphatic heterocycles. The van der Waals surface area contributed by atoms with Gasteiger partial charge in [-0.2, -0.15) is 0 Å². The second-order valence-electron chi connectivity index (χ2n) is 5.14. The highest BCUT2D eigenvalue weighted by molar-refractivity contribution is 5.74. The van der Waals surface area contributed by atoms with Crippen LogP contribution in [-0.2, 0) is 11.2 Å². The minimum atomic E-state index is -0.900. The van der Waals surface area contributed by atoms with E-state index in [9.17, 15) is 9.90 Å². The van der Waals surface area contributed by atoms with E-state index in [-0.39, 0.29) is 0 Å². The van der Waals surface area contributed by atoms with Crippen LogP contribution in [0.3, 0.4) is 0 Å². The zero-order valence-electron chi connectivity index (χ0n) is 11.4. The van der Waals surface area contributed by atoms with Gasteiger partial charge in [-0.1, -0.05) is 0 Å². The average molecular weight is 266 g/mol. The fourth-order valence-corrected chi connectivity index (χ4v) is 2.03. The van der Waals surface area contributed by atoms with Crippen molar-refractivity contribution in [2.24, 2.45) is 5.41 Å². The molecule has 5 heteroatoms. The van der Waals surface area contributed by atoms with Crippen molar-refractivity contribution in [1.82, 2.24) is 0 Å². The largest absolute Gasteiger partial charge is 0.496 e. The Morgan fingerprint density at radius 1 is 1.37 bits per heavy atom. The van der Waals surface area contributed by atoms with Gasteiger partial charge in [0, 0.05) is 5.56 Å². The lowest BCUT2D eigenvalue weighted by Crippen LogP contribution is -2.27. The summed E-state index contributed by atoms with van der Waals surface area (Å²) in [6.07, 6.45) is 0.317. The lowest BCUT2D eigenvalue weighted by Gasteiger charge is -2.26. The van der Waals surface area contributed by atoms with Gasteiger partial charge in [-0.25, -0.2) is 0 Å². The molecule has 0 aliphatic carbocycles. The van der Waals surface area contributed by atoms with Gasteiger partial charge in [0.2, 0.25) is 0 Å². The normalized spacial score (nSPS) is 14.1. The van der Waals surface area contributed by atoms with Crippen LogP contribution >= 0.6 is 0 Å². The molecule has 0 bridgehead atoms. The predicted molar refractivity (Wildman–Crippen MR) is 69.1 cm³/mol. The van der Waals surface area contributed by atoms with E-state index in [1.165, 1.54) is 0 Å². The van der Waals surface area contributed by atoms with Gasteiger partial charge >= 0.3 is 5.97 Å². The summed E-state index contributed by atoms with van der Waals surface area (Å²) in [6.45, 7) is 4.32.